The molecule has 0 saturated carbocycles. The number of aliphatic hydroxyl groups is 1. The van der Waals surface area contributed by atoms with E-state index in [4.69, 9.17) is 4.74 Å². The molecular weight excluding hydrogens is 411 g/mol. The molecule has 0 spiro atoms. The minimum atomic E-state index is -1.06. The fraction of sp³-hybridized carbons (Fsp3) is 0.160. The number of aliphatic hydroxyl groups excluding tert-OH is 1. The number of fused-ring (bicyclic) bond motifs is 1. The summed E-state index contributed by atoms with van der Waals surface area (Å²) in [5.41, 5.74) is 2.04. The molecule has 1 unspecified atom stereocenters. The van der Waals surface area contributed by atoms with Crippen LogP contribution in [0.3, 0.4) is 0 Å². The maximum absolute atomic E-state index is 14.8. The summed E-state index contributed by atoms with van der Waals surface area (Å²) in [6, 6.07) is 13.4. The lowest BCUT2D eigenvalue weighted by Crippen LogP contribution is -2.29. The maximum Gasteiger partial charge on any atom is 0.295 e. The monoisotopic (exact) mass is 430 g/mol. The second kappa shape index (κ2) is 7.92. The largest absolute Gasteiger partial charge is 0.507 e. The van der Waals surface area contributed by atoms with Crippen LogP contribution in [0.5, 0.6) is 5.75 Å². The lowest BCUT2D eigenvalue weighted by molar-refractivity contribution is -0.140. The summed E-state index contributed by atoms with van der Waals surface area (Å²) in [4.78, 5) is 31.3. The second-order valence-corrected chi connectivity index (χ2v) is 7.72. The van der Waals surface area contributed by atoms with Gasteiger partial charge in [-0.25, -0.2) is 4.39 Å². The van der Waals surface area contributed by atoms with Crippen molar-refractivity contribution in [3.63, 3.8) is 0 Å². The normalized spacial score (nSPS) is 19.2. The predicted molar refractivity (Wildman–Crippen MR) is 114 cm³/mol. The van der Waals surface area contributed by atoms with E-state index < -0.39 is 23.5 Å². The van der Waals surface area contributed by atoms with Crippen molar-refractivity contribution in [1.29, 1.82) is 0 Å². The van der Waals surface area contributed by atoms with Crippen LogP contribution in [-0.2, 0) is 22.6 Å². The van der Waals surface area contributed by atoms with Crippen molar-refractivity contribution in [2.45, 2.75) is 19.0 Å². The van der Waals surface area contributed by atoms with Crippen LogP contribution in [0.4, 0.5) is 4.39 Å². The molecule has 6 nitrogen and oxygen atoms in total. The van der Waals surface area contributed by atoms with E-state index in [-0.39, 0.29) is 23.4 Å². The molecule has 2 aromatic carbocycles. The van der Waals surface area contributed by atoms with Crippen LogP contribution >= 0.6 is 0 Å². The van der Waals surface area contributed by atoms with Gasteiger partial charge in [0, 0.05) is 36.5 Å². The summed E-state index contributed by atoms with van der Waals surface area (Å²) < 4.78 is 20.4. The summed E-state index contributed by atoms with van der Waals surface area (Å²) in [5, 5.41) is 11.2. The van der Waals surface area contributed by atoms with Gasteiger partial charge in [0.1, 0.15) is 17.3 Å². The Morgan fingerprint density at radius 3 is 2.69 bits per heavy atom. The molecule has 1 aromatic heterocycles. The number of rotatable bonds is 4. The van der Waals surface area contributed by atoms with Gasteiger partial charge in [0.2, 0.25) is 0 Å². The Morgan fingerprint density at radius 1 is 1.12 bits per heavy atom. The zero-order valence-corrected chi connectivity index (χ0v) is 17.0. The molecule has 2 aliphatic rings. The van der Waals surface area contributed by atoms with Gasteiger partial charge in [0.05, 0.1) is 18.2 Å². The fourth-order valence-corrected chi connectivity index (χ4v) is 4.24. The highest BCUT2D eigenvalue weighted by molar-refractivity contribution is 6.46. The number of amides is 1. The van der Waals surface area contributed by atoms with Gasteiger partial charge in [0.15, 0.2) is 0 Å². The predicted octanol–water partition coefficient (Wildman–Crippen LogP) is 3.78. The number of ketones is 1. The summed E-state index contributed by atoms with van der Waals surface area (Å²) in [7, 11) is 0. The molecule has 1 saturated heterocycles. The average molecular weight is 430 g/mol. The third-order valence-corrected chi connectivity index (χ3v) is 5.80. The van der Waals surface area contributed by atoms with E-state index in [0.29, 0.717) is 18.6 Å². The van der Waals surface area contributed by atoms with Crippen LogP contribution in [0.25, 0.3) is 5.76 Å². The molecule has 160 valence electrons. The zero-order valence-electron chi connectivity index (χ0n) is 17.0. The van der Waals surface area contributed by atoms with Crippen molar-refractivity contribution < 1.29 is 23.8 Å². The molecule has 0 radical (unpaired) electrons. The highest BCUT2D eigenvalue weighted by Gasteiger charge is 2.47. The molecule has 0 aliphatic carbocycles. The fourth-order valence-electron chi connectivity index (χ4n) is 4.24. The van der Waals surface area contributed by atoms with E-state index in [9.17, 15) is 19.1 Å². The van der Waals surface area contributed by atoms with Crippen LogP contribution in [0.15, 0.2) is 72.6 Å². The highest BCUT2D eigenvalue weighted by Crippen LogP contribution is 2.41. The second-order valence-electron chi connectivity index (χ2n) is 7.72. The summed E-state index contributed by atoms with van der Waals surface area (Å²) in [6.07, 6.45) is 3.84. The Morgan fingerprint density at radius 2 is 1.91 bits per heavy atom. The van der Waals surface area contributed by atoms with Gasteiger partial charge in [-0.1, -0.05) is 18.2 Å². The number of likely N-dealkylation sites (tertiary alicyclic amines) is 1. The van der Waals surface area contributed by atoms with Crippen molar-refractivity contribution in [1.82, 2.24) is 9.88 Å². The molecule has 3 aromatic rings. The van der Waals surface area contributed by atoms with E-state index in [2.05, 4.69) is 4.98 Å². The van der Waals surface area contributed by atoms with Gasteiger partial charge in [-0.3, -0.25) is 14.6 Å². The first-order chi connectivity index (χ1) is 15.5. The number of Topliss-reactive ketones (excluding diaryl/α,β-unsaturated/α-hetero) is 1. The van der Waals surface area contributed by atoms with Crippen molar-refractivity contribution >= 4 is 17.4 Å². The molecule has 7 heteroatoms. The molecular formula is C25H19FN2O4. The number of ether oxygens (including phenoxy) is 1. The van der Waals surface area contributed by atoms with E-state index in [1.54, 1.807) is 48.8 Å². The molecule has 1 fully saturated rings. The lowest BCUT2D eigenvalue weighted by Gasteiger charge is -2.25. The van der Waals surface area contributed by atoms with Gasteiger partial charge in [-0.15, -0.1) is 0 Å². The Kier molecular flexibility index (Phi) is 4.93. The zero-order chi connectivity index (χ0) is 22.2. The third-order valence-electron chi connectivity index (χ3n) is 5.80. The first-order valence-corrected chi connectivity index (χ1v) is 10.2. The summed E-state index contributed by atoms with van der Waals surface area (Å²) in [5.74, 6) is -1.80. The first-order valence-electron chi connectivity index (χ1n) is 10.2. The van der Waals surface area contributed by atoms with E-state index in [1.807, 2.05) is 0 Å². The van der Waals surface area contributed by atoms with Crippen LogP contribution in [0, 0.1) is 5.82 Å². The molecule has 2 aliphatic heterocycles. The minimum Gasteiger partial charge on any atom is -0.507 e. The average Bonchev–Trinajstić information content (AvgIpc) is 3.38. The van der Waals surface area contributed by atoms with Gasteiger partial charge in [-0.05, 0) is 47.5 Å². The number of benzene rings is 2. The van der Waals surface area contributed by atoms with Crippen molar-refractivity contribution in [3.8, 4) is 5.75 Å². The molecule has 32 heavy (non-hydrogen) atoms. The maximum atomic E-state index is 14.8. The van der Waals surface area contributed by atoms with Crippen molar-refractivity contribution in [2.24, 2.45) is 0 Å². The first kappa shape index (κ1) is 19.9. The summed E-state index contributed by atoms with van der Waals surface area (Å²) in [6.45, 7) is 0.617. The van der Waals surface area contributed by atoms with E-state index in [1.165, 1.54) is 23.1 Å². The molecule has 0 bridgehead atoms. The van der Waals surface area contributed by atoms with E-state index in [0.717, 1.165) is 16.9 Å². The van der Waals surface area contributed by atoms with Gasteiger partial charge in [0.25, 0.3) is 11.7 Å². The Labute approximate surface area is 183 Å². The van der Waals surface area contributed by atoms with Crippen LogP contribution < -0.4 is 4.74 Å². The van der Waals surface area contributed by atoms with Crippen molar-refractivity contribution in [3.05, 3.63) is 101 Å². The quantitative estimate of drug-likeness (QED) is 0.387. The van der Waals surface area contributed by atoms with Gasteiger partial charge < -0.3 is 14.7 Å². The van der Waals surface area contributed by atoms with Crippen LogP contribution in [0.2, 0.25) is 0 Å². The molecule has 5 rings (SSSR count). The van der Waals surface area contributed by atoms with Crippen LogP contribution in [-0.4, -0.2) is 33.3 Å². The molecule has 1 N–H and O–H groups in total. The van der Waals surface area contributed by atoms with Crippen LogP contribution in [0.1, 0.15) is 28.3 Å². The number of hydrogen-bond donors (Lipinski definition) is 1. The van der Waals surface area contributed by atoms with Crippen molar-refractivity contribution in [2.75, 3.05) is 6.61 Å². The number of hydrogen-bond acceptors (Lipinski definition) is 5. The summed E-state index contributed by atoms with van der Waals surface area (Å²) >= 11 is 0. The third kappa shape index (κ3) is 3.32. The highest BCUT2D eigenvalue weighted by atomic mass is 19.1. The number of pyridine rings is 1. The minimum absolute atomic E-state index is 0.0703. The number of nitrogens with zero attached hydrogens (tertiary/aromatic N) is 2. The van der Waals surface area contributed by atoms with Gasteiger partial charge >= 0.3 is 0 Å². The standard InChI is InChI=1S/C25H19FN2O4/c26-19-4-2-1-3-18(19)22-21(23(29)17-5-6-20-16(13-17)9-12-32-20)24(30)25(31)28(22)14-15-7-10-27-11-8-15/h1-8,10-11,13,22,29H,9,12,14H2/b23-21+. The number of carbonyl (C=O) groups excluding carboxylic acids is 2. The van der Waals surface area contributed by atoms with Gasteiger partial charge in [-0.2, -0.15) is 0 Å². The number of carbonyl (C=O) groups is 2. The lowest BCUT2D eigenvalue weighted by atomic mass is 9.94. The molecule has 3 heterocycles. The Bertz CT molecular complexity index is 1260. The Balaban J connectivity index is 1.66. The molecule has 1 amide bonds. The topological polar surface area (TPSA) is 79.7 Å². The molecule has 1 atom stereocenters. The SMILES string of the molecule is O=C1C(=O)N(Cc2ccncc2)C(c2ccccc2F)/C1=C(\O)c1ccc2c(c1)CCO2. The number of halogens is 1. The Hall–Kier alpha value is -4.00. The van der Waals surface area contributed by atoms with E-state index >= 15 is 0 Å². The number of aromatic nitrogens is 1. The smallest absolute Gasteiger partial charge is 0.295 e.